The van der Waals surface area contributed by atoms with E-state index in [0.29, 0.717) is 19.6 Å². The minimum absolute atomic E-state index is 0.0446. The third kappa shape index (κ3) is 3.63. The number of likely N-dealkylation sites (N-methyl/N-ethyl adjacent to an activating group) is 1. The Hall–Kier alpha value is -2.48. The van der Waals surface area contributed by atoms with Crippen molar-refractivity contribution in [3.8, 4) is 0 Å². The molecule has 1 N–H and O–H groups in total. The van der Waals surface area contributed by atoms with E-state index in [4.69, 9.17) is 0 Å². The van der Waals surface area contributed by atoms with Gasteiger partial charge in [-0.15, -0.1) is 0 Å². The molecule has 0 aliphatic carbocycles. The molecule has 134 valence electrons. The molecular weight excluding hydrogens is 327 g/mol. The van der Waals surface area contributed by atoms with Crippen LogP contribution in [0.5, 0.6) is 0 Å². The van der Waals surface area contributed by atoms with Crippen molar-refractivity contribution in [1.82, 2.24) is 14.7 Å². The van der Waals surface area contributed by atoms with Gasteiger partial charge >= 0.3 is 0 Å². The number of nitrogens with one attached hydrogen (secondary N) is 1. The molecule has 25 heavy (non-hydrogen) atoms. The van der Waals surface area contributed by atoms with Crippen LogP contribution in [0.2, 0.25) is 0 Å². The number of amides is 3. The fraction of sp³-hybridized carbons (Fsp3) is 0.471. The van der Waals surface area contributed by atoms with E-state index < -0.39 is 11.9 Å². The number of halogens is 1. The zero-order chi connectivity index (χ0) is 18.1. The minimum Gasteiger partial charge on any atom is -0.335 e. The second-order valence-electron chi connectivity index (χ2n) is 6.56. The average Bonchev–Trinajstić information content (AvgIpc) is 2.56. The summed E-state index contributed by atoms with van der Waals surface area (Å²) in [6.07, 6.45) is 0. The zero-order valence-electron chi connectivity index (χ0n) is 14.3. The molecule has 2 aliphatic heterocycles. The van der Waals surface area contributed by atoms with Crippen LogP contribution < -0.4 is 5.32 Å². The van der Waals surface area contributed by atoms with Crippen LogP contribution in [0.15, 0.2) is 18.2 Å². The monoisotopic (exact) mass is 348 g/mol. The smallest absolute Gasteiger partial charge is 0.246 e. The fourth-order valence-corrected chi connectivity index (χ4v) is 3.25. The van der Waals surface area contributed by atoms with Crippen LogP contribution in [-0.2, 0) is 14.4 Å². The van der Waals surface area contributed by atoms with Gasteiger partial charge in [0.2, 0.25) is 17.7 Å². The van der Waals surface area contributed by atoms with E-state index in [9.17, 15) is 18.8 Å². The Bertz CT molecular complexity index is 724. The van der Waals surface area contributed by atoms with Crippen molar-refractivity contribution in [3.05, 3.63) is 29.6 Å². The predicted molar refractivity (Wildman–Crippen MR) is 89.3 cm³/mol. The highest BCUT2D eigenvalue weighted by Gasteiger charge is 2.41. The molecule has 0 spiro atoms. The number of rotatable bonds is 3. The summed E-state index contributed by atoms with van der Waals surface area (Å²) >= 11 is 0. The number of hydrogen-bond acceptors (Lipinski definition) is 4. The quantitative estimate of drug-likeness (QED) is 0.838. The number of benzene rings is 1. The fourth-order valence-electron chi connectivity index (χ4n) is 3.25. The number of fused-ring (bicyclic) bond motifs is 1. The van der Waals surface area contributed by atoms with Gasteiger partial charge in [-0.25, -0.2) is 4.39 Å². The summed E-state index contributed by atoms with van der Waals surface area (Å²) < 4.78 is 13.7. The van der Waals surface area contributed by atoms with Crippen molar-refractivity contribution in [2.45, 2.75) is 13.0 Å². The average molecular weight is 348 g/mol. The Balaban J connectivity index is 1.62. The lowest BCUT2D eigenvalue weighted by molar-refractivity contribution is -0.158. The van der Waals surface area contributed by atoms with Gasteiger partial charge in [0.1, 0.15) is 11.9 Å². The van der Waals surface area contributed by atoms with Gasteiger partial charge in [-0.2, -0.15) is 0 Å². The van der Waals surface area contributed by atoms with Gasteiger partial charge in [-0.05, 0) is 24.6 Å². The van der Waals surface area contributed by atoms with Crippen molar-refractivity contribution in [2.24, 2.45) is 0 Å². The van der Waals surface area contributed by atoms with Gasteiger partial charge in [-0.3, -0.25) is 19.3 Å². The molecule has 1 aromatic carbocycles. The summed E-state index contributed by atoms with van der Waals surface area (Å²) in [4.78, 5) is 41.3. The molecule has 3 amide bonds. The first-order valence-electron chi connectivity index (χ1n) is 8.18. The normalized spacial score (nSPS) is 21.3. The lowest BCUT2D eigenvalue weighted by atomic mass is 10.1. The first-order chi connectivity index (χ1) is 11.8. The summed E-state index contributed by atoms with van der Waals surface area (Å²) in [7, 11) is 1.60. The molecule has 2 fully saturated rings. The maximum atomic E-state index is 13.7. The molecule has 1 aromatic rings. The van der Waals surface area contributed by atoms with E-state index in [1.165, 1.54) is 11.0 Å². The topological polar surface area (TPSA) is 73.0 Å². The van der Waals surface area contributed by atoms with Gasteiger partial charge in [0, 0.05) is 26.7 Å². The lowest BCUT2D eigenvalue weighted by Gasteiger charge is -2.45. The third-order valence-electron chi connectivity index (χ3n) is 4.58. The second kappa shape index (κ2) is 6.79. The molecule has 1 atom stereocenters. The minimum atomic E-state index is -0.552. The number of hydrogen-bond donors (Lipinski definition) is 1. The Morgan fingerprint density at radius 1 is 1.32 bits per heavy atom. The van der Waals surface area contributed by atoms with Crippen LogP contribution in [0.4, 0.5) is 10.1 Å². The van der Waals surface area contributed by atoms with Crippen LogP contribution in [0.25, 0.3) is 0 Å². The van der Waals surface area contributed by atoms with Gasteiger partial charge in [0.15, 0.2) is 0 Å². The van der Waals surface area contributed by atoms with Crippen molar-refractivity contribution in [3.63, 3.8) is 0 Å². The highest BCUT2D eigenvalue weighted by atomic mass is 19.1. The number of piperazine rings is 2. The van der Waals surface area contributed by atoms with E-state index in [2.05, 4.69) is 5.32 Å². The van der Waals surface area contributed by atoms with Crippen LogP contribution >= 0.6 is 0 Å². The number of nitrogens with zero attached hydrogens (tertiary/aromatic N) is 3. The van der Waals surface area contributed by atoms with Crippen molar-refractivity contribution < 1.29 is 18.8 Å². The summed E-state index contributed by atoms with van der Waals surface area (Å²) in [5, 5.41) is 2.57. The standard InChI is InChI=1S/C17H21FN4O3/c1-11-3-4-12(18)13(7-11)19-15(23)9-21-5-6-22-14(8-21)17(25)20(2)10-16(22)24/h3-4,7,14H,5-6,8-10H2,1-2H3,(H,19,23). The van der Waals surface area contributed by atoms with Crippen LogP contribution in [0, 0.1) is 12.7 Å². The molecular formula is C17H21FN4O3. The van der Waals surface area contributed by atoms with E-state index in [1.54, 1.807) is 24.1 Å². The summed E-state index contributed by atoms with van der Waals surface area (Å²) in [6.45, 7) is 3.18. The molecule has 0 saturated carbocycles. The molecule has 2 aliphatic rings. The van der Waals surface area contributed by atoms with E-state index in [0.717, 1.165) is 5.56 Å². The van der Waals surface area contributed by atoms with E-state index in [1.807, 2.05) is 11.8 Å². The molecule has 1 unspecified atom stereocenters. The van der Waals surface area contributed by atoms with Gasteiger partial charge in [0.05, 0.1) is 18.8 Å². The van der Waals surface area contributed by atoms with Crippen molar-refractivity contribution in [2.75, 3.05) is 45.1 Å². The second-order valence-corrected chi connectivity index (χ2v) is 6.56. The molecule has 2 heterocycles. The number of carbonyl (C=O) groups excluding carboxylic acids is 3. The van der Waals surface area contributed by atoms with E-state index in [-0.39, 0.29) is 36.5 Å². The number of carbonyl (C=O) groups is 3. The first kappa shape index (κ1) is 17.3. The summed E-state index contributed by atoms with van der Waals surface area (Å²) in [5.41, 5.74) is 0.993. The van der Waals surface area contributed by atoms with Crippen LogP contribution in [-0.4, -0.2) is 78.2 Å². The molecule has 7 nitrogen and oxygen atoms in total. The SMILES string of the molecule is Cc1ccc(F)c(NC(=O)CN2CCN3C(=O)CN(C)C(=O)C3C2)c1. The molecule has 0 bridgehead atoms. The molecule has 3 rings (SSSR count). The largest absolute Gasteiger partial charge is 0.335 e. The van der Waals surface area contributed by atoms with Gasteiger partial charge < -0.3 is 15.1 Å². The Kier molecular flexibility index (Phi) is 4.71. The van der Waals surface area contributed by atoms with Gasteiger partial charge in [0.25, 0.3) is 0 Å². The number of anilines is 1. The Morgan fingerprint density at radius 2 is 2.08 bits per heavy atom. The van der Waals surface area contributed by atoms with Gasteiger partial charge in [-0.1, -0.05) is 6.07 Å². The maximum Gasteiger partial charge on any atom is 0.246 e. The maximum absolute atomic E-state index is 13.7. The highest BCUT2D eigenvalue weighted by molar-refractivity contribution is 5.95. The zero-order valence-corrected chi connectivity index (χ0v) is 14.3. The highest BCUT2D eigenvalue weighted by Crippen LogP contribution is 2.18. The van der Waals surface area contributed by atoms with Crippen molar-refractivity contribution in [1.29, 1.82) is 0 Å². The predicted octanol–water partition coefficient (Wildman–Crippen LogP) is 0.0574. The first-order valence-corrected chi connectivity index (χ1v) is 8.18. The van der Waals surface area contributed by atoms with E-state index >= 15 is 0 Å². The summed E-state index contributed by atoms with van der Waals surface area (Å²) in [6, 6.07) is 3.96. The third-order valence-corrected chi connectivity index (χ3v) is 4.58. The lowest BCUT2D eigenvalue weighted by Crippen LogP contribution is -2.66. The Morgan fingerprint density at radius 3 is 2.84 bits per heavy atom. The molecule has 8 heteroatoms. The molecule has 0 radical (unpaired) electrons. The Labute approximate surface area is 145 Å². The number of aryl methyl sites for hydroxylation is 1. The van der Waals surface area contributed by atoms with Crippen LogP contribution in [0.1, 0.15) is 5.56 Å². The van der Waals surface area contributed by atoms with Crippen molar-refractivity contribution >= 4 is 23.4 Å². The van der Waals surface area contributed by atoms with Crippen LogP contribution in [0.3, 0.4) is 0 Å². The summed E-state index contributed by atoms with van der Waals surface area (Å²) in [5.74, 6) is -1.02. The molecule has 2 saturated heterocycles. The molecule has 0 aromatic heterocycles.